The fourth-order valence-corrected chi connectivity index (χ4v) is 3.94. The zero-order chi connectivity index (χ0) is 19.7. The Morgan fingerprint density at radius 3 is 2.07 bits per heavy atom. The lowest BCUT2D eigenvalue weighted by atomic mass is 9.80. The highest BCUT2D eigenvalue weighted by Gasteiger charge is 2.36. The van der Waals surface area contributed by atoms with Gasteiger partial charge in [0.1, 0.15) is 0 Å². The standard InChI is InChI=1S/C24H23BNO2/c1-23(2,27)24(3,4)28-25-18-14-13-16-15-9-5-7-11-19(15)26-20-12-8-6-10-17(20)21(18)22(16)26/h5-14,27H,1-4H3. The van der Waals surface area contributed by atoms with E-state index in [1.807, 2.05) is 13.8 Å². The van der Waals surface area contributed by atoms with E-state index in [1.54, 1.807) is 21.3 Å². The highest BCUT2D eigenvalue weighted by Crippen LogP contribution is 2.38. The molecule has 0 aliphatic heterocycles. The number of rotatable bonds is 4. The first kappa shape index (κ1) is 17.5. The van der Waals surface area contributed by atoms with Crippen molar-refractivity contribution < 1.29 is 9.76 Å². The third-order valence-corrected chi connectivity index (χ3v) is 6.24. The third kappa shape index (κ3) is 2.31. The van der Waals surface area contributed by atoms with E-state index in [2.05, 4.69) is 65.1 Å². The van der Waals surface area contributed by atoms with E-state index in [-0.39, 0.29) is 0 Å². The zero-order valence-corrected chi connectivity index (χ0v) is 16.7. The van der Waals surface area contributed by atoms with Crippen LogP contribution in [0.5, 0.6) is 0 Å². The molecule has 1 radical (unpaired) electrons. The van der Waals surface area contributed by atoms with Gasteiger partial charge in [-0.2, -0.15) is 0 Å². The molecule has 0 amide bonds. The summed E-state index contributed by atoms with van der Waals surface area (Å²) in [7, 11) is 1.80. The summed E-state index contributed by atoms with van der Waals surface area (Å²) in [5.74, 6) is 0. The number of aromatic nitrogens is 1. The van der Waals surface area contributed by atoms with Gasteiger partial charge >= 0.3 is 7.48 Å². The minimum atomic E-state index is -0.958. The fraction of sp³-hybridized carbons (Fsp3) is 0.250. The van der Waals surface area contributed by atoms with Gasteiger partial charge in [-0.1, -0.05) is 48.5 Å². The van der Waals surface area contributed by atoms with Crippen molar-refractivity contribution in [1.82, 2.24) is 4.40 Å². The van der Waals surface area contributed by atoms with Crippen molar-refractivity contribution >= 4 is 51.0 Å². The molecule has 0 aliphatic carbocycles. The number of para-hydroxylation sites is 2. The van der Waals surface area contributed by atoms with E-state index < -0.39 is 11.2 Å². The summed E-state index contributed by atoms with van der Waals surface area (Å²) in [4.78, 5) is 0. The van der Waals surface area contributed by atoms with Crippen LogP contribution in [0.15, 0.2) is 60.7 Å². The van der Waals surface area contributed by atoms with Gasteiger partial charge < -0.3 is 14.2 Å². The van der Waals surface area contributed by atoms with E-state index in [0.29, 0.717) is 0 Å². The average Bonchev–Trinajstić information content (AvgIpc) is 3.17. The number of hydrogen-bond donors (Lipinski definition) is 1. The van der Waals surface area contributed by atoms with Crippen LogP contribution in [0.25, 0.3) is 38.1 Å². The molecule has 3 nitrogen and oxygen atoms in total. The third-order valence-electron chi connectivity index (χ3n) is 6.24. The largest absolute Gasteiger partial charge is 0.427 e. The Morgan fingerprint density at radius 1 is 0.786 bits per heavy atom. The molecule has 5 rings (SSSR count). The lowest BCUT2D eigenvalue weighted by Gasteiger charge is -2.37. The molecule has 2 aromatic heterocycles. The predicted molar refractivity (Wildman–Crippen MR) is 118 cm³/mol. The molecule has 2 heterocycles. The Labute approximate surface area is 165 Å². The van der Waals surface area contributed by atoms with Crippen molar-refractivity contribution in [3.8, 4) is 0 Å². The molecule has 0 fully saturated rings. The van der Waals surface area contributed by atoms with Crippen molar-refractivity contribution in [1.29, 1.82) is 0 Å². The Morgan fingerprint density at radius 2 is 1.39 bits per heavy atom. The summed E-state index contributed by atoms with van der Waals surface area (Å²) in [5, 5.41) is 15.4. The van der Waals surface area contributed by atoms with E-state index in [4.69, 9.17) is 4.65 Å². The maximum absolute atomic E-state index is 10.4. The van der Waals surface area contributed by atoms with Gasteiger partial charge in [-0.15, -0.1) is 0 Å². The van der Waals surface area contributed by atoms with Gasteiger partial charge in [-0.05, 0) is 45.3 Å². The molecule has 4 heteroatoms. The number of aliphatic hydroxyl groups is 1. The van der Waals surface area contributed by atoms with Gasteiger partial charge in [0.2, 0.25) is 0 Å². The average molecular weight is 368 g/mol. The maximum Gasteiger partial charge on any atom is 0.331 e. The van der Waals surface area contributed by atoms with Crippen LogP contribution in [0.3, 0.4) is 0 Å². The minimum absolute atomic E-state index is 0.709. The van der Waals surface area contributed by atoms with E-state index >= 15 is 0 Å². The van der Waals surface area contributed by atoms with Gasteiger partial charge in [-0.25, -0.2) is 0 Å². The van der Waals surface area contributed by atoms with Crippen molar-refractivity contribution in [2.45, 2.75) is 38.9 Å². The molecule has 0 spiro atoms. The molecule has 0 bridgehead atoms. The van der Waals surface area contributed by atoms with Crippen LogP contribution in [-0.2, 0) is 4.65 Å². The summed E-state index contributed by atoms with van der Waals surface area (Å²) in [6, 6.07) is 21.4. The smallest absolute Gasteiger partial charge is 0.331 e. The predicted octanol–water partition coefficient (Wildman–Crippen LogP) is 4.65. The molecule has 0 saturated carbocycles. The van der Waals surface area contributed by atoms with E-state index in [0.717, 1.165) is 5.46 Å². The molecule has 0 unspecified atom stereocenters. The van der Waals surface area contributed by atoms with Gasteiger partial charge in [0, 0.05) is 21.5 Å². The van der Waals surface area contributed by atoms with Gasteiger partial charge in [0.05, 0.1) is 27.8 Å². The molecule has 5 aromatic rings. The normalized spacial score (nSPS) is 13.3. The zero-order valence-electron chi connectivity index (χ0n) is 16.7. The fourth-order valence-electron chi connectivity index (χ4n) is 3.94. The SMILES string of the molecule is CC(C)(O)C(C)(C)O[B]c1ccc2c3ccccc3n3c4ccccc4c1c23. The van der Waals surface area contributed by atoms with E-state index in [1.165, 1.54) is 38.1 Å². The van der Waals surface area contributed by atoms with Gasteiger partial charge in [0.25, 0.3) is 0 Å². The molecule has 1 N–H and O–H groups in total. The number of fused-ring (bicyclic) bond motifs is 6. The number of hydrogen-bond acceptors (Lipinski definition) is 2. The molecular weight excluding hydrogens is 345 g/mol. The first-order valence-electron chi connectivity index (χ1n) is 9.69. The second kappa shape index (κ2) is 5.73. The monoisotopic (exact) mass is 368 g/mol. The lowest BCUT2D eigenvalue weighted by molar-refractivity contribution is -0.0893. The number of benzene rings is 3. The van der Waals surface area contributed by atoms with Crippen molar-refractivity contribution in [3.63, 3.8) is 0 Å². The summed E-state index contributed by atoms with van der Waals surface area (Å²) >= 11 is 0. The second-order valence-electron chi connectivity index (χ2n) is 8.60. The first-order valence-corrected chi connectivity index (χ1v) is 9.69. The van der Waals surface area contributed by atoms with E-state index in [9.17, 15) is 5.11 Å². The molecule has 139 valence electrons. The maximum atomic E-state index is 10.4. The summed E-state index contributed by atoms with van der Waals surface area (Å²) in [6.07, 6.45) is 0. The quantitative estimate of drug-likeness (QED) is 0.469. The van der Waals surface area contributed by atoms with Crippen LogP contribution >= 0.6 is 0 Å². The molecule has 3 aromatic carbocycles. The topological polar surface area (TPSA) is 33.9 Å². The highest BCUT2D eigenvalue weighted by molar-refractivity contribution is 6.54. The van der Waals surface area contributed by atoms with Crippen molar-refractivity contribution in [2.75, 3.05) is 0 Å². The van der Waals surface area contributed by atoms with Gasteiger partial charge in [0.15, 0.2) is 0 Å². The molecule has 0 saturated heterocycles. The molecular formula is C24H23BNO2. The second-order valence-corrected chi connectivity index (χ2v) is 8.60. The Hall–Kier alpha value is -2.56. The van der Waals surface area contributed by atoms with Crippen LogP contribution in [0.4, 0.5) is 0 Å². The van der Waals surface area contributed by atoms with Crippen molar-refractivity contribution in [2.24, 2.45) is 0 Å². The summed E-state index contributed by atoms with van der Waals surface area (Å²) in [5.41, 5.74) is 3.00. The first-order chi connectivity index (χ1) is 13.3. The lowest BCUT2D eigenvalue weighted by Crippen LogP contribution is -2.49. The molecule has 0 atom stereocenters. The Bertz CT molecular complexity index is 1330. The minimum Gasteiger partial charge on any atom is -0.427 e. The Kier molecular flexibility index (Phi) is 3.59. The number of nitrogens with zero attached hydrogens (tertiary/aromatic N) is 1. The van der Waals surface area contributed by atoms with Crippen LogP contribution in [-0.4, -0.2) is 28.2 Å². The van der Waals surface area contributed by atoms with Crippen molar-refractivity contribution in [3.05, 3.63) is 60.7 Å². The highest BCUT2D eigenvalue weighted by atomic mass is 16.5. The van der Waals surface area contributed by atoms with Crippen LogP contribution in [0.1, 0.15) is 27.7 Å². The Balaban J connectivity index is 1.79. The molecule has 28 heavy (non-hydrogen) atoms. The summed E-state index contributed by atoms with van der Waals surface area (Å²) in [6.45, 7) is 7.37. The summed E-state index contributed by atoms with van der Waals surface area (Å²) < 4.78 is 8.45. The molecule has 0 aliphatic rings. The van der Waals surface area contributed by atoms with Crippen LogP contribution in [0.2, 0.25) is 0 Å². The van der Waals surface area contributed by atoms with Crippen LogP contribution in [0, 0.1) is 0 Å². The van der Waals surface area contributed by atoms with Gasteiger partial charge in [-0.3, -0.25) is 0 Å². The van der Waals surface area contributed by atoms with Crippen LogP contribution < -0.4 is 5.46 Å².